The lowest BCUT2D eigenvalue weighted by molar-refractivity contribution is 0.0110. The van der Waals surface area contributed by atoms with Crippen LogP contribution < -0.4 is 15.4 Å². The number of pyridine rings is 1. The van der Waals surface area contributed by atoms with Gasteiger partial charge in [0.2, 0.25) is 5.95 Å². The molecule has 3 N–H and O–H groups in total. The number of ether oxygens (including phenoxy) is 2. The number of hydrogen-bond acceptors (Lipinski definition) is 10. The number of amides is 1. The minimum atomic E-state index is -0.495. The SMILES string of the molecule is COc1c(NC2CCC2)ncnc1-c1ccc2nc(Nc3cc(C(C)N4CCN(C(=O)OC(C)(C)C)CC4)ccn3)[nH]c2c1. The quantitative estimate of drug-likeness (QED) is 0.230. The molecule has 44 heavy (non-hydrogen) atoms. The van der Waals surface area contributed by atoms with E-state index in [0.29, 0.717) is 36.6 Å². The highest BCUT2D eigenvalue weighted by Crippen LogP contribution is 2.36. The molecule has 1 aromatic carbocycles. The molecule has 4 heterocycles. The van der Waals surface area contributed by atoms with Crippen LogP contribution in [0.5, 0.6) is 5.75 Å². The number of hydrogen-bond donors (Lipinski definition) is 3. The normalized spacial score (nSPS) is 16.8. The third-order valence-electron chi connectivity index (χ3n) is 8.24. The molecule has 1 saturated carbocycles. The molecule has 1 saturated heterocycles. The summed E-state index contributed by atoms with van der Waals surface area (Å²) in [6, 6.07) is 10.7. The number of carbonyl (C=O) groups is 1. The second kappa shape index (κ2) is 12.3. The van der Waals surface area contributed by atoms with Gasteiger partial charge in [0, 0.05) is 50.0 Å². The van der Waals surface area contributed by atoms with Crippen molar-refractivity contribution in [2.45, 2.75) is 64.6 Å². The number of rotatable bonds is 8. The van der Waals surface area contributed by atoms with E-state index in [1.807, 2.05) is 57.3 Å². The van der Waals surface area contributed by atoms with Gasteiger partial charge in [-0.2, -0.15) is 0 Å². The standard InChI is InChI=1S/C32H41N9O3/c1-20(40-13-15-41(16-14-40)31(42)44-32(2,3)4)21-11-12-33-26(18-21)39-30-37-24-10-9-22(17-25(24)38-30)27-28(43-5)29(35-19-34-27)36-23-7-6-8-23/h9-12,17-20,23H,6-8,13-16H2,1-5H3,(H,34,35,36)(H2,33,37,38,39). The summed E-state index contributed by atoms with van der Waals surface area (Å²) in [5.41, 5.74) is 3.96. The maximum atomic E-state index is 12.5. The van der Waals surface area contributed by atoms with Crippen molar-refractivity contribution < 1.29 is 14.3 Å². The Balaban J connectivity index is 1.13. The summed E-state index contributed by atoms with van der Waals surface area (Å²) in [4.78, 5) is 38.2. The Morgan fingerprint density at radius 2 is 1.86 bits per heavy atom. The van der Waals surface area contributed by atoms with Crippen LogP contribution in [0.25, 0.3) is 22.3 Å². The van der Waals surface area contributed by atoms with Crippen LogP contribution in [-0.2, 0) is 4.74 Å². The monoisotopic (exact) mass is 599 g/mol. The maximum absolute atomic E-state index is 12.5. The van der Waals surface area contributed by atoms with E-state index in [1.165, 1.54) is 6.42 Å². The first-order chi connectivity index (χ1) is 21.2. The lowest BCUT2D eigenvalue weighted by Crippen LogP contribution is -2.50. The third-order valence-corrected chi connectivity index (χ3v) is 8.24. The summed E-state index contributed by atoms with van der Waals surface area (Å²) in [5.74, 6) is 2.66. The van der Waals surface area contributed by atoms with Crippen molar-refractivity contribution in [2.75, 3.05) is 43.9 Å². The molecule has 2 fully saturated rings. The molecule has 12 nitrogen and oxygen atoms in total. The van der Waals surface area contributed by atoms with Gasteiger partial charge in [-0.25, -0.2) is 24.7 Å². The zero-order valence-corrected chi connectivity index (χ0v) is 26.1. The highest BCUT2D eigenvalue weighted by atomic mass is 16.6. The molecule has 0 radical (unpaired) electrons. The van der Waals surface area contributed by atoms with E-state index in [0.717, 1.165) is 59.6 Å². The average Bonchev–Trinajstić information content (AvgIpc) is 3.39. The number of methoxy groups -OCH3 is 1. The minimum absolute atomic E-state index is 0.157. The molecule has 0 bridgehead atoms. The number of imidazole rings is 1. The molecule has 4 aromatic rings. The van der Waals surface area contributed by atoms with Gasteiger partial charge in [-0.05, 0) is 76.8 Å². The predicted molar refractivity (Wildman–Crippen MR) is 170 cm³/mol. The summed E-state index contributed by atoms with van der Waals surface area (Å²) in [6.07, 6.45) is 6.65. The number of H-pyrrole nitrogens is 1. The Kier molecular flexibility index (Phi) is 8.26. The first-order valence-electron chi connectivity index (χ1n) is 15.3. The number of nitrogens with one attached hydrogen (secondary N) is 3. The van der Waals surface area contributed by atoms with E-state index in [4.69, 9.17) is 14.5 Å². The Morgan fingerprint density at radius 3 is 2.57 bits per heavy atom. The molecule has 12 heteroatoms. The number of carbonyl (C=O) groups excluding carboxylic acids is 1. The van der Waals surface area contributed by atoms with Gasteiger partial charge in [0.05, 0.1) is 18.1 Å². The van der Waals surface area contributed by atoms with Crippen LogP contribution >= 0.6 is 0 Å². The van der Waals surface area contributed by atoms with Crippen LogP contribution in [0.2, 0.25) is 0 Å². The lowest BCUT2D eigenvalue weighted by atomic mass is 9.93. The van der Waals surface area contributed by atoms with Crippen molar-refractivity contribution in [3.63, 3.8) is 0 Å². The zero-order valence-electron chi connectivity index (χ0n) is 26.1. The van der Waals surface area contributed by atoms with Crippen LogP contribution in [0.1, 0.15) is 58.6 Å². The number of aromatic nitrogens is 5. The number of piperazine rings is 1. The van der Waals surface area contributed by atoms with Crippen LogP contribution in [0.4, 0.5) is 22.4 Å². The molecule has 1 amide bonds. The minimum Gasteiger partial charge on any atom is -0.491 e. The molecule has 1 aliphatic heterocycles. The van der Waals surface area contributed by atoms with E-state index in [1.54, 1.807) is 18.3 Å². The molecule has 1 aliphatic carbocycles. The summed E-state index contributed by atoms with van der Waals surface area (Å²) in [5, 5.41) is 6.82. The molecule has 1 atom stereocenters. The lowest BCUT2D eigenvalue weighted by Gasteiger charge is -2.38. The Morgan fingerprint density at radius 1 is 1.07 bits per heavy atom. The predicted octanol–water partition coefficient (Wildman–Crippen LogP) is 5.75. The van der Waals surface area contributed by atoms with Crippen molar-refractivity contribution in [3.05, 3.63) is 48.4 Å². The zero-order chi connectivity index (χ0) is 30.8. The first kappa shape index (κ1) is 29.6. The molecule has 0 spiro atoms. The highest BCUT2D eigenvalue weighted by molar-refractivity contribution is 5.85. The second-order valence-electron chi connectivity index (χ2n) is 12.5. The first-order valence-corrected chi connectivity index (χ1v) is 15.3. The van der Waals surface area contributed by atoms with Gasteiger partial charge in [-0.1, -0.05) is 6.07 Å². The molecule has 3 aromatic heterocycles. The van der Waals surface area contributed by atoms with Gasteiger partial charge in [-0.3, -0.25) is 4.90 Å². The van der Waals surface area contributed by atoms with Crippen LogP contribution in [0.15, 0.2) is 42.9 Å². The smallest absolute Gasteiger partial charge is 0.410 e. The molecule has 1 unspecified atom stereocenters. The largest absolute Gasteiger partial charge is 0.491 e. The van der Waals surface area contributed by atoms with Gasteiger partial charge in [0.25, 0.3) is 0 Å². The Bertz CT molecular complexity index is 1620. The van der Waals surface area contributed by atoms with Gasteiger partial charge < -0.3 is 30.0 Å². The third kappa shape index (κ3) is 6.54. The highest BCUT2D eigenvalue weighted by Gasteiger charge is 2.28. The molecular weight excluding hydrogens is 558 g/mol. The fraction of sp³-hybridized carbons (Fsp3) is 0.469. The average molecular weight is 600 g/mol. The molecule has 232 valence electrons. The number of fused-ring (bicyclic) bond motifs is 1. The molecule has 6 rings (SSSR count). The van der Waals surface area contributed by atoms with Gasteiger partial charge in [0.15, 0.2) is 11.6 Å². The van der Waals surface area contributed by atoms with Crippen molar-refractivity contribution >= 4 is 34.7 Å². The molecular formula is C32H41N9O3. The number of benzene rings is 1. The van der Waals surface area contributed by atoms with Gasteiger partial charge >= 0.3 is 6.09 Å². The summed E-state index contributed by atoms with van der Waals surface area (Å²) >= 11 is 0. The fourth-order valence-electron chi connectivity index (χ4n) is 5.56. The Labute approximate surface area is 257 Å². The number of anilines is 3. The fourth-order valence-corrected chi connectivity index (χ4v) is 5.56. The van der Waals surface area contributed by atoms with E-state index in [-0.39, 0.29) is 12.1 Å². The summed E-state index contributed by atoms with van der Waals surface area (Å²) in [7, 11) is 1.65. The van der Waals surface area contributed by atoms with Crippen molar-refractivity contribution in [1.29, 1.82) is 0 Å². The van der Waals surface area contributed by atoms with Crippen molar-refractivity contribution in [1.82, 2.24) is 34.7 Å². The second-order valence-corrected chi connectivity index (χ2v) is 12.5. The van der Waals surface area contributed by atoms with Crippen molar-refractivity contribution in [2.24, 2.45) is 0 Å². The Hall–Kier alpha value is -4.45. The molecule has 2 aliphatic rings. The van der Waals surface area contributed by atoms with E-state index in [9.17, 15) is 4.79 Å². The van der Waals surface area contributed by atoms with E-state index in [2.05, 4.69) is 42.4 Å². The topological polar surface area (TPSA) is 133 Å². The van der Waals surface area contributed by atoms with E-state index >= 15 is 0 Å². The number of aromatic amines is 1. The van der Waals surface area contributed by atoms with Crippen molar-refractivity contribution in [3.8, 4) is 17.0 Å². The van der Waals surface area contributed by atoms with Crippen LogP contribution in [0, 0.1) is 0 Å². The van der Waals surface area contributed by atoms with Crippen LogP contribution in [0.3, 0.4) is 0 Å². The summed E-state index contributed by atoms with van der Waals surface area (Å²) < 4.78 is 11.3. The van der Waals surface area contributed by atoms with Gasteiger partial charge in [0.1, 0.15) is 23.4 Å². The summed E-state index contributed by atoms with van der Waals surface area (Å²) in [6.45, 7) is 10.7. The van der Waals surface area contributed by atoms with Gasteiger partial charge in [-0.15, -0.1) is 0 Å². The van der Waals surface area contributed by atoms with Crippen LogP contribution in [-0.4, -0.2) is 85.7 Å². The maximum Gasteiger partial charge on any atom is 0.410 e. The van der Waals surface area contributed by atoms with E-state index < -0.39 is 5.60 Å². The number of nitrogens with zero attached hydrogens (tertiary/aromatic N) is 6.